The highest BCUT2D eigenvalue weighted by Crippen LogP contribution is 2.39. The third kappa shape index (κ3) is 5.23. The van der Waals surface area contributed by atoms with E-state index in [4.69, 9.17) is 16.2 Å². The minimum absolute atomic E-state index is 0.00395. The Morgan fingerprint density at radius 1 is 0.711 bits per heavy atom. The number of oxime groups is 2. The Morgan fingerprint density at radius 2 is 1.20 bits per heavy atom. The number of hydrogen-bond acceptors (Lipinski definition) is 7. The van der Waals surface area contributed by atoms with Crippen molar-refractivity contribution in [3.05, 3.63) is 119 Å². The number of halogens is 1. The van der Waals surface area contributed by atoms with Crippen molar-refractivity contribution in [2.24, 2.45) is 21.8 Å². The zero-order chi connectivity index (χ0) is 31.9. The van der Waals surface area contributed by atoms with Gasteiger partial charge in [0.05, 0.1) is 18.1 Å². The summed E-state index contributed by atoms with van der Waals surface area (Å²) in [6.45, 7) is 0. The van der Waals surface area contributed by atoms with E-state index in [0.29, 0.717) is 37.4 Å². The number of hydrogen-bond donors (Lipinski definition) is 4. The van der Waals surface area contributed by atoms with Crippen LogP contribution < -0.4 is 16.2 Å². The van der Waals surface area contributed by atoms with Crippen molar-refractivity contribution in [1.29, 1.82) is 0 Å². The van der Waals surface area contributed by atoms with Crippen molar-refractivity contribution in [3.8, 4) is 28.0 Å². The topological polar surface area (TPSA) is 166 Å². The average molecular weight is 685 g/mol. The normalized spacial score (nSPS) is 12.6. The first-order valence-electron chi connectivity index (χ1n) is 13.5. The molecule has 1 aromatic heterocycles. The summed E-state index contributed by atoms with van der Waals surface area (Å²) in [7, 11) is -2.74. The van der Waals surface area contributed by atoms with Crippen LogP contribution in [0.5, 0.6) is 5.75 Å². The van der Waals surface area contributed by atoms with Gasteiger partial charge in [-0.25, -0.2) is 12.4 Å². The fourth-order valence-electron chi connectivity index (χ4n) is 5.39. The quantitative estimate of drug-likeness (QED) is 0.0661. The first kappa shape index (κ1) is 29.7. The largest absolute Gasteiger partial charge is 0.495 e. The Hall–Kier alpha value is -5.33. The molecule has 0 atom stereocenters. The summed E-state index contributed by atoms with van der Waals surface area (Å²) in [5.74, 6) is 0.158. The van der Waals surface area contributed by atoms with Gasteiger partial charge < -0.3 is 26.6 Å². The maximum absolute atomic E-state index is 14.4. The Morgan fingerprint density at radius 3 is 1.67 bits per heavy atom. The van der Waals surface area contributed by atoms with Gasteiger partial charge in [0.2, 0.25) is 0 Å². The zero-order valence-electron chi connectivity index (χ0n) is 23.7. The van der Waals surface area contributed by atoms with Crippen LogP contribution in [0.2, 0.25) is 0 Å². The summed E-state index contributed by atoms with van der Waals surface area (Å²) in [5, 5.41) is 25.9. The number of rotatable bonds is 7. The van der Waals surface area contributed by atoms with E-state index >= 15 is 0 Å². The van der Waals surface area contributed by atoms with Gasteiger partial charge in [-0.15, -0.1) is 0 Å². The summed E-state index contributed by atoms with van der Waals surface area (Å²) in [6.07, 6.45) is 0. The van der Waals surface area contributed by atoms with Crippen LogP contribution in [0.4, 0.5) is 0 Å². The van der Waals surface area contributed by atoms with Gasteiger partial charge in [0, 0.05) is 26.4 Å². The number of fused-ring (bicyclic) bond motifs is 3. The molecule has 5 aromatic carbocycles. The lowest BCUT2D eigenvalue weighted by molar-refractivity contribution is 0.318. The fraction of sp³-hybridized carbons (Fsp3) is 0.0303. The second-order valence-electron chi connectivity index (χ2n) is 10.2. The van der Waals surface area contributed by atoms with E-state index in [1.807, 2.05) is 36.4 Å². The zero-order valence-corrected chi connectivity index (χ0v) is 26.1. The Bertz CT molecular complexity index is 2180. The third-order valence-electron chi connectivity index (χ3n) is 7.56. The van der Waals surface area contributed by atoms with Crippen LogP contribution in [-0.2, 0) is 10.0 Å². The predicted molar refractivity (Wildman–Crippen MR) is 179 cm³/mol. The number of nitrogens with two attached hydrogens (primary N) is 2. The molecule has 12 heteroatoms. The minimum atomic E-state index is -4.17. The molecule has 10 nitrogen and oxygen atoms in total. The van der Waals surface area contributed by atoms with Gasteiger partial charge in [-0.2, -0.15) is 0 Å². The van der Waals surface area contributed by atoms with Crippen molar-refractivity contribution in [3.63, 3.8) is 0 Å². The highest BCUT2D eigenvalue weighted by Gasteiger charge is 2.27. The molecule has 0 saturated carbocycles. The van der Waals surface area contributed by atoms with Gasteiger partial charge in [0.15, 0.2) is 11.7 Å². The van der Waals surface area contributed by atoms with E-state index in [2.05, 4.69) is 26.2 Å². The van der Waals surface area contributed by atoms with Crippen molar-refractivity contribution >= 4 is 59.4 Å². The van der Waals surface area contributed by atoms with Crippen LogP contribution in [0.15, 0.2) is 123 Å². The molecule has 6 aromatic rings. The molecule has 0 saturated heterocycles. The Labute approximate surface area is 266 Å². The first-order valence-corrected chi connectivity index (χ1v) is 15.7. The van der Waals surface area contributed by atoms with E-state index < -0.39 is 10.0 Å². The summed E-state index contributed by atoms with van der Waals surface area (Å²) in [6, 6.07) is 30.3. The third-order valence-corrected chi connectivity index (χ3v) is 9.81. The second-order valence-corrected chi connectivity index (χ2v) is 12.8. The summed E-state index contributed by atoms with van der Waals surface area (Å²) in [4.78, 5) is 0.00395. The van der Waals surface area contributed by atoms with E-state index in [1.54, 1.807) is 60.7 Å². The number of nitrogens with zero attached hydrogens (tertiary/aromatic N) is 3. The van der Waals surface area contributed by atoms with E-state index in [0.717, 1.165) is 22.3 Å². The van der Waals surface area contributed by atoms with Gasteiger partial charge in [-0.3, -0.25) is 0 Å². The molecule has 45 heavy (non-hydrogen) atoms. The fourth-order valence-corrected chi connectivity index (χ4v) is 7.61. The number of benzene rings is 5. The van der Waals surface area contributed by atoms with Gasteiger partial charge in [0.25, 0.3) is 10.0 Å². The maximum atomic E-state index is 14.4. The predicted octanol–water partition coefficient (Wildman–Crippen LogP) is 6.33. The molecule has 0 aliphatic carbocycles. The number of ether oxygens (including phenoxy) is 1. The van der Waals surface area contributed by atoms with Crippen LogP contribution in [0.25, 0.3) is 44.1 Å². The van der Waals surface area contributed by atoms with Crippen molar-refractivity contribution in [1.82, 2.24) is 3.97 Å². The lowest BCUT2D eigenvalue weighted by Crippen LogP contribution is -2.14. The molecule has 0 fully saturated rings. The number of aromatic nitrogens is 1. The number of methoxy groups -OCH3 is 1. The molecule has 0 spiro atoms. The molecule has 6 N–H and O–H groups in total. The van der Waals surface area contributed by atoms with Crippen molar-refractivity contribution in [2.75, 3.05) is 7.11 Å². The van der Waals surface area contributed by atoms with Crippen molar-refractivity contribution < 1.29 is 23.6 Å². The molecule has 0 amide bonds. The van der Waals surface area contributed by atoms with E-state index in [9.17, 15) is 18.8 Å². The Balaban J connectivity index is 1.65. The maximum Gasteiger partial charge on any atom is 0.272 e. The second kappa shape index (κ2) is 11.6. The summed E-state index contributed by atoms with van der Waals surface area (Å²) >= 11 is 3.40. The standard InChI is InChI=1S/C33H26BrN5O5S/c1-44-30-13-10-25(34)18-31(30)45(42,43)39-28-11-8-21(19-4-2-6-23(14-19)32(35)37-40)16-26(28)27-17-22(9-12-29(27)39)20-5-3-7-24(15-20)33(36)38-41/h2-18,40-41H,1H3,(H2,35,37)(H2,36,38). The molecule has 0 bridgehead atoms. The molecule has 226 valence electrons. The van der Waals surface area contributed by atoms with Gasteiger partial charge in [-0.1, -0.05) is 74.8 Å². The van der Waals surface area contributed by atoms with Gasteiger partial charge in [-0.05, 0) is 76.9 Å². The van der Waals surface area contributed by atoms with Gasteiger partial charge in [0.1, 0.15) is 10.6 Å². The smallest absolute Gasteiger partial charge is 0.272 e. The highest BCUT2D eigenvalue weighted by molar-refractivity contribution is 9.10. The average Bonchev–Trinajstić information content (AvgIpc) is 3.41. The Kier molecular flexibility index (Phi) is 7.69. The molecule has 0 unspecified atom stereocenters. The molecule has 0 aliphatic heterocycles. The van der Waals surface area contributed by atoms with Crippen LogP contribution >= 0.6 is 15.9 Å². The van der Waals surface area contributed by atoms with Crippen molar-refractivity contribution in [2.45, 2.75) is 4.90 Å². The lowest BCUT2D eigenvalue weighted by atomic mass is 9.98. The first-order chi connectivity index (χ1) is 21.7. The highest BCUT2D eigenvalue weighted by atomic mass is 79.9. The van der Waals surface area contributed by atoms with Crippen LogP contribution in [0.3, 0.4) is 0 Å². The van der Waals surface area contributed by atoms with Gasteiger partial charge >= 0.3 is 0 Å². The number of amidine groups is 2. The monoisotopic (exact) mass is 683 g/mol. The summed E-state index contributed by atoms with van der Waals surface area (Å²) < 4.78 is 36.2. The molecular weight excluding hydrogens is 658 g/mol. The van der Waals surface area contributed by atoms with E-state index in [-0.39, 0.29) is 22.3 Å². The van der Waals surface area contributed by atoms with Crippen LogP contribution in [0.1, 0.15) is 11.1 Å². The molecular formula is C33H26BrN5O5S. The molecule has 6 rings (SSSR count). The SMILES string of the molecule is COc1ccc(Br)cc1S(=O)(=O)n1c2ccc(-c3cccc(/C(N)=N/O)c3)cc2c2cc(-c3cccc(/C(N)=N/O)c3)ccc21. The van der Waals surface area contributed by atoms with Crippen LogP contribution in [0, 0.1) is 0 Å². The van der Waals surface area contributed by atoms with Crippen LogP contribution in [-0.4, -0.2) is 41.6 Å². The van der Waals surface area contributed by atoms with E-state index in [1.165, 1.54) is 17.1 Å². The molecule has 0 aliphatic rings. The minimum Gasteiger partial charge on any atom is -0.495 e. The summed E-state index contributed by atoms with van der Waals surface area (Å²) in [5.41, 5.74) is 16.9. The lowest BCUT2D eigenvalue weighted by Gasteiger charge is -2.13. The molecule has 1 heterocycles. The molecule has 0 radical (unpaired) electrons.